The smallest absolute Gasteiger partial charge is 0.328 e. The Bertz CT molecular complexity index is 1100. The van der Waals surface area contributed by atoms with E-state index >= 15 is 0 Å². The number of nitrogens with zero attached hydrogens (tertiary/aromatic N) is 3. The monoisotopic (exact) mass is 496 g/mol. The number of carbonyl (C=O) groups is 1. The summed E-state index contributed by atoms with van der Waals surface area (Å²) in [4.78, 5) is 22.1. The molecule has 2 heterocycles. The largest absolute Gasteiger partial charge is 0.491 e. The summed E-state index contributed by atoms with van der Waals surface area (Å²) in [6, 6.07) is 13.6. The van der Waals surface area contributed by atoms with Crippen molar-refractivity contribution in [1.82, 2.24) is 10.2 Å². The maximum Gasteiger partial charge on any atom is 0.328 e. The first-order chi connectivity index (χ1) is 17.2. The van der Waals surface area contributed by atoms with Gasteiger partial charge in [-0.2, -0.15) is 0 Å². The molecule has 36 heavy (non-hydrogen) atoms. The van der Waals surface area contributed by atoms with Gasteiger partial charge in [-0.3, -0.25) is 20.1 Å². The number of hydrogen-bond donors (Lipinski definition) is 2. The quantitative estimate of drug-likeness (QED) is 0.560. The number of nitrogens with one attached hydrogen (secondary N) is 1. The Morgan fingerprint density at radius 1 is 1.11 bits per heavy atom. The van der Waals surface area contributed by atoms with E-state index in [1.165, 1.54) is 17.7 Å². The van der Waals surface area contributed by atoms with Crippen LogP contribution in [-0.4, -0.2) is 59.3 Å². The first kappa shape index (κ1) is 26.1. The molecule has 2 aliphatic rings. The molecule has 2 saturated heterocycles. The highest BCUT2D eigenvalue weighted by molar-refractivity contribution is 6.19. The predicted molar refractivity (Wildman–Crippen MR) is 140 cm³/mol. The Morgan fingerprint density at radius 2 is 1.83 bits per heavy atom. The molecular formula is C28H37FN4O3. The number of likely N-dealkylation sites (tertiary alicyclic amines) is 1. The van der Waals surface area contributed by atoms with Crippen LogP contribution in [0, 0.1) is 11.7 Å². The second-order valence-corrected chi connectivity index (χ2v) is 10.3. The fraction of sp³-hybridized carbons (Fsp3) is 0.500. The topological polar surface area (TPSA) is 77.4 Å². The van der Waals surface area contributed by atoms with E-state index in [-0.39, 0.29) is 30.7 Å². The fourth-order valence-electron chi connectivity index (χ4n) is 5.06. The number of ether oxygens (including phenoxy) is 1. The minimum absolute atomic E-state index is 0.103. The third-order valence-electron chi connectivity index (χ3n) is 6.97. The molecule has 2 aliphatic heterocycles. The molecule has 0 radical (unpaired) electrons. The number of aliphatic hydroxyl groups excluding tert-OH is 1. The molecule has 2 N–H and O–H groups in total. The summed E-state index contributed by atoms with van der Waals surface area (Å²) in [5.41, 5.74) is 0.960. The number of anilines is 1. The van der Waals surface area contributed by atoms with Crippen molar-refractivity contribution in [3.63, 3.8) is 0 Å². The van der Waals surface area contributed by atoms with E-state index in [4.69, 9.17) is 9.73 Å². The molecule has 2 fully saturated rings. The van der Waals surface area contributed by atoms with Crippen LogP contribution in [0.5, 0.6) is 5.75 Å². The molecule has 8 heteroatoms. The summed E-state index contributed by atoms with van der Waals surface area (Å²) in [6.07, 6.45) is 1.39. The van der Waals surface area contributed by atoms with Gasteiger partial charge in [-0.25, -0.2) is 9.18 Å². The lowest BCUT2D eigenvalue weighted by molar-refractivity contribution is 0.183. The first-order valence-corrected chi connectivity index (χ1v) is 12.8. The van der Waals surface area contributed by atoms with Gasteiger partial charge in [0, 0.05) is 25.3 Å². The molecule has 0 saturated carbocycles. The van der Waals surface area contributed by atoms with Crippen LogP contribution in [0.15, 0.2) is 53.5 Å². The van der Waals surface area contributed by atoms with Crippen LogP contribution < -0.4 is 15.0 Å². The highest BCUT2D eigenvalue weighted by atomic mass is 19.1. The predicted octanol–water partition coefficient (Wildman–Crippen LogP) is 4.59. The molecule has 194 valence electrons. The SMILES string of the molecule is CC(C)Oc1cccc(CN2CCC3(CC2)C(=NC(CO)C(C)C)NC(=O)N3c2cccc(F)c2)c1. The van der Waals surface area contributed by atoms with Gasteiger partial charge < -0.3 is 9.84 Å². The Labute approximate surface area is 213 Å². The number of piperidine rings is 1. The first-order valence-electron chi connectivity index (χ1n) is 12.8. The van der Waals surface area contributed by atoms with Crippen LogP contribution in [0.1, 0.15) is 46.1 Å². The van der Waals surface area contributed by atoms with Crippen molar-refractivity contribution < 1.29 is 19.0 Å². The van der Waals surface area contributed by atoms with Gasteiger partial charge in [0.15, 0.2) is 0 Å². The molecular weight excluding hydrogens is 459 g/mol. The molecule has 4 rings (SSSR count). The zero-order valence-electron chi connectivity index (χ0n) is 21.6. The molecule has 0 bridgehead atoms. The number of amidine groups is 1. The van der Waals surface area contributed by atoms with Crippen molar-refractivity contribution >= 4 is 17.6 Å². The van der Waals surface area contributed by atoms with Crippen molar-refractivity contribution in [2.24, 2.45) is 10.9 Å². The third-order valence-corrected chi connectivity index (χ3v) is 6.97. The summed E-state index contributed by atoms with van der Waals surface area (Å²) < 4.78 is 20.0. The van der Waals surface area contributed by atoms with Crippen LogP contribution in [0.25, 0.3) is 0 Å². The van der Waals surface area contributed by atoms with E-state index in [9.17, 15) is 14.3 Å². The molecule has 2 aromatic rings. The molecule has 0 aromatic heterocycles. The molecule has 1 atom stereocenters. The number of aliphatic imine (C=N–C) groups is 1. The van der Waals surface area contributed by atoms with Crippen LogP contribution in [0.3, 0.4) is 0 Å². The average molecular weight is 497 g/mol. The van der Waals surface area contributed by atoms with Crippen molar-refractivity contribution in [2.75, 3.05) is 24.6 Å². The number of aliphatic hydroxyl groups is 1. The van der Waals surface area contributed by atoms with Crippen LogP contribution >= 0.6 is 0 Å². The lowest BCUT2D eigenvalue weighted by Crippen LogP contribution is -2.57. The van der Waals surface area contributed by atoms with Crippen molar-refractivity contribution in [3.05, 3.63) is 59.9 Å². The van der Waals surface area contributed by atoms with E-state index < -0.39 is 11.4 Å². The zero-order chi connectivity index (χ0) is 25.9. The third kappa shape index (κ3) is 5.55. The minimum atomic E-state index is -0.716. The second kappa shape index (κ2) is 11.0. The number of carbonyl (C=O) groups excluding carboxylic acids is 1. The number of hydrogen-bond acceptors (Lipinski definition) is 5. The maximum atomic E-state index is 14.1. The van der Waals surface area contributed by atoms with Gasteiger partial charge >= 0.3 is 6.03 Å². The highest BCUT2D eigenvalue weighted by Crippen LogP contribution is 2.39. The van der Waals surface area contributed by atoms with E-state index in [0.29, 0.717) is 24.4 Å². The zero-order valence-corrected chi connectivity index (χ0v) is 21.6. The van der Waals surface area contributed by atoms with Crippen LogP contribution in [-0.2, 0) is 6.54 Å². The second-order valence-electron chi connectivity index (χ2n) is 10.3. The lowest BCUT2D eigenvalue weighted by Gasteiger charge is -2.44. The lowest BCUT2D eigenvalue weighted by atomic mass is 9.84. The van der Waals surface area contributed by atoms with Gasteiger partial charge in [-0.15, -0.1) is 0 Å². The summed E-state index contributed by atoms with van der Waals surface area (Å²) in [6.45, 7) is 10.2. The molecule has 7 nitrogen and oxygen atoms in total. The number of amides is 2. The van der Waals surface area contributed by atoms with Gasteiger partial charge in [0.1, 0.15) is 22.9 Å². The van der Waals surface area contributed by atoms with Gasteiger partial charge in [-0.05, 0) is 68.5 Å². The van der Waals surface area contributed by atoms with Crippen molar-refractivity contribution in [3.8, 4) is 5.75 Å². The Kier molecular flexibility index (Phi) is 7.95. The maximum absolute atomic E-state index is 14.1. The Morgan fingerprint density at radius 3 is 2.47 bits per heavy atom. The minimum Gasteiger partial charge on any atom is -0.491 e. The summed E-state index contributed by atoms with van der Waals surface area (Å²) in [7, 11) is 0. The highest BCUT2D eigenvalue weighted by Gasteiger charge is 2.53. The van der Waals surface area contributed by atoms with Gasteiger partial charge in [-0.1, -0.05) is 32.0 Å². The van der Waals surface area contributed by atoms with Gasteiger partial charge in [0.05, 0.1) is 18.8 Å². The molecule has 1 unspecified atom stereocenters. The van der Waals surface area contributed by atoms with Crippen LogP contribution in [0.2, 0.25) is 0 Å². The molecule has 0 aliphatic carbocycles. The fourth-order valence-corrected chi connectivity index (χ4v) is 5.06. The van der Waals surface area contributed by atoms with Crippen molar-refractivity contribution in [1.29, 1.82) is 0 Å². The van der Waals surface area contributed by atoms with Crippen LogP contribution in [0.4, 0.5) is 14.9 Å². The number of benzene rings is 2. The van der Waals surface area contributed by atoms with Gasteiger partial charge in [0.25, 0.3) is 0 Å². The van der Waals surface area contributed by atoms with E-state index in [2.05, 4.69) is 22.3 Å². The van der Waals surface area contributed by atoms with Crippen molar-refractivity contribution in [2.45, 2.75) is 64.8 Å². The molecule has 2 amide bonds. The summed E-state index contributed by atoms with van der Waals surface area (Å²) in [5, 5.41) is 12.9. The van der Waals surface area contributed by atoms with E-state index in [1.807, 2.05) is 39.8 Å². The molecule has 1 spiro atoms. The van der Waals surface area contributed by atoms with E-state index in [1.54, 1.807) is 17.0 Å². The normalized spacial score (nSPS) is 19.9. The molecule has 2 aromatic carbocycles. The standard InChI is InChI=1S/C28H37FN4O3/c1-19(2)25(18-34)30-26-28(33(27(35)31-26)23-9-6-8-22(29)16-23)11-13-32(14-12-28)17-21-7-5-10-24(15-21)36-20(3)4/h5-10,15-16,19-20,25,34H,11-14,17-18H2,1-4H3,(H,30,31,35). The Hall–Kier alpha value is -2.97. The summed E-state index contributed by atoms with van der Waals surface area (Å²) in [5.74, 6) is 1.14. The average Bonchev–Trinajstić information content (AvgIpc) is 3.08. The number of halogens is 1. The number of urea groups is 1. The number of rotatable bonds is 8. The summed E-state index contributed by atoms with van der Waals surface area (Å²) >= 11 is 0. The Balaban J connectivity index is 1.60. The van der Waals surface area contributed by atoms with Gasteiger partial charge in [0.2, 0.25) is 0 Å². The van der Waals surface area contributed by atoms with E-state index in [0.717, 1.165) is 25.4 Å².